The summed E-state index contributed by atoms with van der Waals surface area (Å²) in [5.41, 5.74) is 1.13. The first-order valence-electron chi connectivity index (χ1n) is 7.48. The van der Waals surface area contributed by atoms with Gasteiger partial charge in [-0.15, -0.1) is 0 Å². The Morgan fingerprint density at radius 2 is 2.21 bits per heavy atom. The van der Waals surface area contributed by atoms with Gasteiger partial charge in [-0.3, -0.25) is 14.2 Å². The molecule has 1 aromatic heterocycles. The number of rotatable bonds is 4. The van der Waals surface area contributed by atoms with Crippen molar-refractivity contribution in [3.8, 4) is 0 Å². The molecule has 0 bridgehead atoms. The zero-order valence-electron chi connectivity index (χ0n) is 12.9. The molecule has 1 unspecified atom stereocenters. The van der Waals surface area contributed by atoms with Gasteiger partial charge < -0.3 is 5.32 Å². The lowest BCUT2D eigenvalue weighted by atomic mass is 10.2. The highest BCUT2D eigenvalue weighted by Crippen LogP contribution is 2.33. The molecule has 8 heteroatoms. The third-order valence-corrected chi connectivity index (χ3v) is 5.39. The molecule has 0 radical (unpaired) electrons. The van der Waals surface area contributed by atoms with Crippen LogP contribution >= 0.6 is 35.0 Å². The number of aryl methyl sites for hydroxylation is 1. The number of halogens is 2. The van der Waals surface area contributed by atoms with E-state index in [0.29, 0.717) is 33.1 Å². The summed E-state index contributed by atoms with van der Waals surface area (Å²) >= 11 is 13.5. The number of thioether (sulfide) groups is 1. The van der Waals surface area contributed by atoms with E-state index in [1.54, 1.807) is 22.8 Å². The summed E-state index contributed by atoms with van der Waals surface area (Å²) in [7, 11) is 0. The van der Waals surface area contributed by atoms with Crippen molar-refractivity contribution < 1.29 is 4.79 Å². The van der Waals surface area contributed by atoms with Crippen LogP contribution < -0.4 is 10.9 Å². The van der Waals surface area contributed by atoms with Crippen LogP contribution in [0.25, 0.3) is 0 Å². The SMILES string of the molecule is CCc1cc(=O)n2c(n1)SCC2CC(=O)Nc1cc(Cl)ccc1Cl. The Morgan fingerprint density at radius 1 is 1.42 bits per heavy atom. The van der Waals surface area contributed by atoms with E-state index in [2.05, 4.69) is 10.3 Å². The van der Waals surface area contributed by atoms with Crippen molar-refractivity contribution in [3.05, 3.63) is 50.4 Å². The average molecular weight is 384 g/mol. The molecule has 1 aromatic carbocycles. The zero-order chi connectivity index (χ0) is 17.3. The maximum absolute atomic E-state index is 12.3. The minimum Gasteiger partial charge on any atom is -0.325 e. The number of carbonyl (C=O) groups is 1. The number of amides is 1. The molecule has 2 aromatic rings. The fourth-order valence-corrected chi connectivity index (χ4v) is 4.04. The molecule has 126 valence electrons. The Morgan fingerprint density at radius 3 is 2.96 bits per heavy atom. The summed E-state index contributed by atoms with van der Waals surface area (Å²) in [5, 5.41) is 4.34. The number of nitrogens with zero attached hydrogens (tertiary/aromatic N) is 2. The first-order valence-corrected chi connectivity index (χ1v) is 9.22. The lowest BCUT2D eigenvalue weighted by molar-refractivity contribution is -0.116. The highest BCUT2D eigenvalue weighted by atomic mass is 35.5. The predicted molar refractivity (Wildman–Crippen MR) is 97.3 cm³/mol. The Bertz CT molecular complexity index is 854. The fourth-order valence-electron chi connectivity index (χ4n) is 2.54. The van der Waals surface area contributed by atoms with Gasteiger partial charge in [0, 0.05) is 29.0 Å². The number of nitrogens with one attached hydrogen (secondary N) is 1. The van der Waals surface area contributed by atoms with Gasteiger partial charge >= 0.3 is 0 Å². The van der Waals surface area contributed by atoms with E-state index in [0.717, 1.165) is 5.69 Å². The smallest absolute Gasteiger partial charge is 0.254 e. The number of hydrogen-bond donors (Lipinski definition) is 1. The minimum absolute atomic E-state index is 0.111. The molecule has 0 fully saturated rings. The number of aromatic nitrogens is 2. The molecule has 2 heterocycles. The van der Waals surface area contributed by atoms with Gasteiger partial charge in [-0.05, 0) is 24.6 Å². The van der Waals surface area contributed by atoms with E-state index < -0.39 is 0 Å². The second-order valence-corrected chi connectivity index (χ2v) is 7.26. The van der Waals surface area contributed by atoms with Crippen LogP contribution in [0, 0.1) is 0 Å². The zero-order valence-corrected chi connectivity index (χ0v) is 15.2. The van der Waals surface area contributed by atoms with Gasteiger partial charge in [0.15, 0.2) is 5.16 Å². The third kappa shape index (κ3) is 3.61. The number of fused-ring (bicyclic) bond motifs is 1. The summed E-state index contributed by atoms with van der Waals surface area (Å²) < 4.78 is 1.60. The minimum atomic E-state index is -0.218. The van der Waals surface area contributed by atoms with Crippen molar-refractivity contribution in [2.24, 2.45) is 0 Å². The molecule has 1 aliphatic heterocycles. The largest absolute Gasteiger partial charge is 0.325 e. The molecule has 0 spiro atoms. The Kier molecular flexibility index (Phi) is 5.18. The van der Waals surface area contributed by atoms with E-state index in [9.17, 15) is 9.59 Å². The molecule has 1 atom stereocenters. The predicted octanol–water partition coefficient (Wildman–Crippen LogP) is 3.79. The monoisotopic (exact) mass is 383 g/mol. The van der Waals surface area contributed by atoms with Gasteiger partial charge in [0.05, 0.1) is 16.8 Å². The van der Waals surface area contributed by atoms with Gasteiger partial charge in [-0.25, -0.2) is 4.98 Å². The molecular formula is C16H15Cl2N3O2S. The Labute approximate surface area is 153 Å². The maximum Gasteiger partial charge on any atom is 0.254 e. The first-order chi connectivity index (χ1) is 11.5. The van der Waals surface area contributed by atoms with Crippen LogP contribution in [0.1, 0.15) is 25.1 Å². The van der Waals surface area contributed by atoms with E-state index >= 15 is 0 Å². The van der Waals surface area contributed by atoms with Crippen LogP contribution in [-0.2, 0) is 11.2 Å². The second-order valence-electron chi connectivity index (χ2n) is 5.43. The quantitative estimate of drug-likeness (QED) is 0.815. The highest BCUT2D eigenvalue weighted by Gasteiger charge is 2.27. The molecule has 1 N–H and O–H groups in total. The van der Waals surface area contributed by atoms with Gasteiger partial charge in [0.2, 0.25) is 5.91 Å². The van der Waals surface area contributed by atoms with Crippen molar-refractivity contribution >= 4 is 46.6 Å². The maximum atomic E-state index is 12.3. The number of carbonyl (C=O) groups excluding carboxylic acids is 1. The highest BCUT2D eigenvalue weighted by molar-refractivity contribution is 7.99. The number of benzene rings is 1. The van der Waals surface area contributed by atoms with Crippen molar-refractivity contribution in [2.75, 3.05) is 11.1 Å². The van der Waals surface area contributed by atoms with Gasteiger partial charge in [0.25, 0.3) is 5.56 Å². The van der Waals surface area contributed by atoms with Crippen LogP contribution in [0.5, 0.6) is 0 Å². The van der Waals surface area contributed by atoms with Crippen molar-refractivity contribution in [1.82, 2.24) is 9.55 Å². The topological polar surface area (TPSA) is 64.0 Å². The van der Waals surface area contributed by atoms with Gasteiger partial charge in [-0.2, -0.15) is 0 Å². The summed E-state index contributed by atoms with van der Waals surface area (Å²) in [6.07, 6.45) is 0.887. The van der Waals surface area contributed by atoms with Crippen LogP contribution in [-0.4, -0.2) is 21.2 Å². The van der Waals surface area contributed by atoms with E-state index in [-0.39, 0.29) is 23.9 Å². The molecule has 1 amide bonds. The lowest BCUT2D eigenvalue weighted by Gasteiger charge is -2.14. The normalized spacial score (nSPS) is 16.0. The number of hydrogen-bond acceptors (Lipinski definition) is 4. The molecule has 5 nitrogen and oxygen atoms in total. The standard InChI is InChI=1S/C16H15Cl2N3O2S/c1-2-10-6-15(23)21-11(8-24-16(21)19-10)7-14(22)20-13-5-9(17)3-4-12(13)18/h3-6,11H,2,7-8H2,1H3,(H,20,22). The lowest BCUT2D eigenvalue weighted by Crippen LogP contribution is -2.27. The van der Waals surface area contributed by atoms with Crippen molar-refractivity contribution in [2.45, 2.75) is 31.0 Å². The van der Waals surface area contributed by atoms with Crippen LogP contribution in [0.2, 0.25) is 10.0 Å². The summed E-state index contributed by atoms with van der Waals surface area (Å²) in [6.45, 7) is 1.96. The number of anilines is 1. The molecular weight excluding hydrogens is 369 g/mol. The third-order valence-electron chi connectivity index (χ3n) is 3.73. The van der Waals surface area contributed by atoms with E-state index in [4.69, 9.17) is 23.2 Å². The summed E-state index contributed by atoms with van der Waals surface area (Å²) in [6, 6.07) is 6.20. The van der Waals surface area contributed by atoms with Crippen LogP contribution in [0.4, 0.5) is 5.69 Å². The summed E-state index contributed by atoms with van der Waals surface area (Å²) in [4.78, 5) is 29.1. The van der Waals surface area contributed by atoms with Crippen LogP contribution in [0.3, 0.4) is 0 Å². The Hall–Kier alpha value is -1.50. The Balaban J connectivity index is 1.76. The molecule has 0 aliphatic carbocycles. The molecule has 0 saturated heterocycles. The van der Waals surface area contributed by atoms with Gasteiger partial charge in [-0.1, -0.05) is 41.9 Å². The van der Waals surface area contributed by atoms with Gasteiger partial charge in [0.1, 0.15) is 0 Å². The molecule has 3 rings (SSSR count). The van der Waals surface area contributed by atoms with Crippen molar-refractivity contribution in [3.63, 3.8) is 0 Å². The van der Waals surface area contributed by atoms with E-state index in [1.807, 2.05) is 6.92 Å². The average Bonchev–Trinajstić information content (AvgIpc) is 2.94. The molecule has 0 saturated carbocycles. The molecule has 1 aliphatic rings. The molecule has 24 heavy (non-hydrogen) atoms. The second kappa shape index (κ2) is 7.17. The van der Waals surface area contributed by atoms with Crippen molar-refractivity contribution in [1.29, 1.82) is 0 Å². The first kappa shape index (κ1) is 17.3. The summed E-state index contributed by atoms with van der Waals surface area (Å²) in [5.74, 6) is 0.427. The van der Waals surface area contributed by atoms with Crippen LogP contribution in [0.15, 0.2) is 34.2 Å². The fraction of sp³-hybridized carbons (Fsp3) is 0.312. The van der Waals surface area contributed by atoms with E-state index in [1.165, 1.54) is 17.8 Å².